The molecule has 1 aliphatic carbocycles. The first-order valence-electron chi connectivity index (χ1n) is 6.37. The lowest BCUT2D eigenvalue weighted by atomic mass is 10.2. The van der Waals surface area contributed by atoms with Gasteiger partial charge in [0, 0.05) is 36.6 Å². The molecular weight excluding hydrogens is 281 g/mol. The van der Waals surface area contributed by atoms with Crippen LogP contribution in [0.1, 0.15) is 18.4 Å². The maximum atomic E-state index is 14.2. The second-order valence-electron chi connectivity index (χ2n) is 4.69. The average Bonchev–Trinajstić information content (AvgIpc) is 3.24. The lowest BCUT2D eigenvalue weighted by Crippen LogP contribution is -2.16. The predicted octanol–water partition coefficient (Wildman–Crippen LogP) is 3.31. The van der Waals surface area contributed by atoms with Crippen LogP contribution in [0.2, 0.25) is 5.02 Å². The quantitative estimate of drug-likeness (QED) is 0.919. The van der Waals surface area contributed by atoms with Gasteiger partial charge in [-0.1, -0.05) is 11.6 Å². The van der Waals surface area contributed by atoms with Gasteiger partial charge in [-0.3, -0.25) is 4.98 Å². The highest BCUT2D eigenvalue weighted by atomic mass is 35.5. The summed E-state index contributed by atoms with van der Waals surface area (Å²) in [5, 5.41) is 3.68. The standard InChI is InChI=1S/C14H13ClFN3O/c15-10-5-12(8-17-7-10)20-14-13(16)9(3-4-18-14)6-19-11-1-2-11/h3-5,7-8,11,19H,1-2,6H2. The number of nitrogens with zero attached hydrogens (tertiary/aromatic N) is 2. The molecular formula is C14H13ClFN3O. The van der Waals surface area contributed by atoms with Crippen LogP contribution in [0, 0.1) is 5.82 Å². The molecule has 0 saturated heterocycles. The second-order valence-corrected chi connectivity index (χ2v) is 5.12. The fourth-order valence-corrected chi connectivity index (χ4v) is 1.94. The number of hydrogen-bond donors (Lipinski definition) is 1. The summed E-state index contributed by atoms with van der Waals surface area (Å²) < 4.78 is 19.6. The van der Waals surface area contributed by atoms with E-state index in [9.17, 15) is 4.39 Å². The molecule has 1 N–H and O–H groups in total. The minimum absolute atomic E-state index is 0.0656. The highest BCUT2D eigenvalue weighted by Crippen LogP contribution is 2.26. The van der Waals surface area contributed by atoms with Gasteiger partial charge in [0.2, 0.25) is 0 Å². The van der Waals surface area contributed by atoms with Gasteiger partial charge in [0.1, 0.15) is 5.75 Å². The van der Waals surface area contributed by atoms with Gasteiger partial charge >= 0.3 is 0 Å². The fourth-order valence-electron chi connectivity index (χ4n) is 1.77. The zero-order valence-electron chi connectivity index (χ0n) is 10.6. The molecule has 0 amide bonds. The van der Waals surface area contributed by atoms with Crippen molar-refractivity contribution in [2.45, 2.75) is 25.4 Å². The van der Waals surface area contributed by atoms with Gasteiger partial charge in [0.15, 0.2) is 5.82 Å². The maximum Gasteiger partial charge on any atom is 0.256 e. The van der Waals surface area contributed by atoms with E-state index >= 15 is 0 Å². The van der Waals surface area contributed by atoms with Crippen LogP contribution in [0.15, 0.2) is 30.7 Å². The molecule has 0 aliphatic heterocycles. The molecule has 4 nitrogen and oxygen atoms in total. The Labute approximate surface area is 121 Å². The number of rotatable bonds is 5. The van der Waals surface area contributed by atoms with E-state index in [1.807, 2.05) is 0 Å². The van der Waals surface area contributed by atoms with Crippen molar-refractivity contribution in [3.8, 4) is 11.6 Å². The van der Waals surface area contributed by atoms with Gasteiger partial charge in [0.05, 0.1) is 11.2 Å². The third-order valence-electron chi connectivity index (χ3n) is 2.99. The van der Waals surface area contributed by atoms with Crippen LogP contribution in [0.4, 0.5) is 4.39 Å². The van der Waals surface area contributed by atoms with Gasteiger partial charge in [-0.25, -0.2) is 9.37 Å². The van der Waals surface area contributed by atoms with E-state index in [4.69, 9.17) is 16.3 Å². The van der Waals surface area contributed by atoms with E-state index in [1.165, 1.54) is 18.6 Å². The van der Waals surface area contributed by atoms with Gasteiger partial charge in [-0.2, -0.15) is 0 Å². The predicted molar refractivity (Wildman–Crippen MR) is 73.4 cm³/mol. The van der Waals surface area contributed by atoms with Crippen molar-refractivity contribution < 1.29 is 9.13 Å². The zero-order chi connectivity index (χ0) is 13.9. The first-order valence-corrected chi connectivity index (χ1v) is 6.75. The van der Waals surface area contributed by atoms with Crippen LogP contribution < -0.4 is 10.1 Å². The monoisotopic (exact) mass is 293 g/mol. The Hall–Kier alpha value is -1.72. The number of hydrogen-bond acceptors (Lipinski definition) is 4. The van der Waals surface area contributed by atoms with Crippen molar-refractivity contribution in [3.63, 3.8) is 0 Å². The summed E-state index contributed by atoms with van der Waals surface area (Å²) in [7, 11) is 0. The van der Waals surface area contributed by atoms with E-state index in [1.54, 1.807) is 12.1 Å². The molecule has 0 bridgehead atoms. The van der Waals surface area contributed by atoms with Crippen molar-refractivity contribution in [2.24, 2.45) is 0 Å². The molecule has 1 saturated carbocycles. The summed E-state index contributed by atoms with van der Waals surface area (Å²) in [4.78, 5) is 7.79. The molecule has 1 fully saturated rings. The SMILES string of the molecule is Fc1c(CNC2CC2)ccnc1Oc1cncc(Cl)c1. The Morgan fingerprint density at radius 1 is 1.40 bits per heavy atom. The van der Waals surface area contributed by atoms with E-state index in [2.05, 4.69) is 15.3 Å². The van der Waals surface area contributed by atoms with Crippen molar-refractivity contribution in [2.75, 3.05) is 0 Å². The molecule has 3 rings (SSSR count). The van der Waals surface area contributed by atoms with Crippen molar-refractivity contribution in [3.05, 3.63) is 47.1 Å². The molecule has 2 aromatic heterocycles. The molecule has 0 atom stereocenters. The Bertz CT molecular complexity index is 619. The third-order valence-corrected chi connectivity index (χ3v) is 3.20. The Kier molecular flexibility index (Phi) is 3.80. The molecule has 1 aliphatic rings. The number of halogens is 2. The number of aromatic nitrogens is 2. The van der Waals surface area contributed by atoms with Gasteiger partial charge in [-0.05, 0) is 18.9 Å². The molecule has 2 heterocycles. The van der Waals surface area contributed by atoms with Crippen molar-refractivity contribution in [1.82, 2.24) is 15.3 Å². The summed E-state index contributed by atoms with van der Waals surface area (Å²) in [5.41, 5.74) is 0.539. The van der Waals surface area contributed by atoms with E-state index in [0.717, 1.165) is 12.8 Å². The van der Waals surface area contributed by atoms with Gasteiger partial charge in [-0.15, -0.1) is 0 Å². The summed E-state index contributed by atoms with van der Waals surface area (Å²) in [6.45, 7) is 0.475. The van der Waals surface area contributed by atoms with Crippen LogP contribution in [0.5, 0.6) is 11.6 Å². The minimum Gasteiger partial charge on any atom is -0.435 e. The zero-order valence-corrected chi connectivity index (χ0v) is 11.4. The highest BCUT2D eigenvalue weighted by molar-refractivity contribution is 6.30. The molecule has 2 aromatic rings. The fraction of sp³-hybridized carbons (Fsp3) is 0.286. The second kappa shape index (κ2) is 5.73. The largest absolute Gasteiger partial charge is 0.435 e. The van der Waals surface area contributed by atoms with E-state index in [0.29, 0.717) is 28.9 Å². The lowest BCUT2D eigenvalue weighted by molar-refractivity contribution is 0.416. The molecule has 0 aromatic carbocycles. The summed E-state index contributed by atoms with van der Waals surface area (Å²) >= 11 is 5.81. The molecule has 0 unspecified atom stereocenters. The van der Waals surface area contributed by atoms with Crippen molar-refractivity contribution >= 4 is 11.6 Å². The van der Waals surface area contributed by atoms with E-state index < -0.39 is 5.82 Å². The number of pyridine rings is 2. The van der Waals surface area contributed by atoms with Crippen LogP contribution >= 0.6 is 11.6 Å². The number of nitrogens with one attached hydrogen (secondary N) is 1. The average molecular weight is 294 g/mol. The Balaban J connectivity index is 1.76. The first kappa shape index (κ1) is 13.3. The van der Waals surface area contributed by atoms with Gasteiger partial charge in [0.25, 0.3) is 5.88 Å². The summed E-state index contributed by atoms with van der Waals surface area (Å²) in [6.07, 6.45) is 6.78. The smallest absolute Gasteiger partial charge is 0.256 e. The molecule has 20 heavy (non-hydrogen) atoms. The van der Waals surface area contributed by atoms with Crippen LogP contribution in [0.3, 0.4) is 0 Å². The molecule has 0 spiro atoms. The topological polar surface area (TPSA) is 47.0 Å². The normalized spacial score (nSPS) is 14.3. The van der Waals surface area contributed by atoms with Crippen molar-refractivity contribution in [1.29, 1.82) is 0 Å². The number of ether oxygens (including phenoxy) is 1. The Morgan fingerprint density at radius 3 is 3.00 bits per heavy atom. The lowest BCUT2D eigenvalue weighted by Gasteiger charge is -2.09. The van der Waals surface area contributed by atoms with E-state index in [-0.39, 0.29) is 5.88 Å². The molecule has 0 radical (unpaired) electrons. The van der Waals surface area contributed by atoms with Gasteiger partial charge < -0.3 is 10.1 Å². The van der Waals surface area contributed by atoms with Crippen LogP contribution in [-0.4, -0.2) is 16.0 Å². The summed E-state index contributed by atoms with van der Waals surface area (Å²) in [6, 6.07) is 3.72. The molecule has 104 valence electrons. The molecule has 6 heteroatoms. The Morgan fingerprint density at radius 2 is 2.25 bits per heavy atom. The highest BCUT2D eigenvalue weighted by Gasteiger charge is 2.21. The minimum atomic E-state index is -0.458. The third kappa shape index (κ3) is 3.23. The van der Waals surface area contributed by atoms with Crippen LogP contribution in [0.25, 0.3) is 0 Å². The van der Waals surface area contributed by atoms with Crippen LogP contribution in [-0.2, 0) is 6.54 Å². The summed E-state index contributed by atoms with van der Waals surface area (Å²) in [5.74, 6) is -0.166. The maximum absolute atomic E-state index is 14.2. The first-order chi connectivity index (χ1) is 9.72.